The van der Waals surface area contributed by atoms with Gasteiger partial charge in [-0.3, -0.25) is 23.7 Å². The van der Waals surface area contributed by atoms with Crippen LogP contribution < -0.4 is 10.9 Å². The molecule has 1 N–H and O–H groups in total. The Hall–Kier alpha value is -3.74. The second-order valence-electron chi connectivity index (χ2n) is 8.03. The summed E-state index contributed by atoms with van der Waals surface area (Å²) in [4.78, 5) is 51.9. The molecular weight excluding hydrogens is 406 g/mol. The number of aromatic nitrogens is 1. The molecule has 164 valence electrons. The number of anilines is 1. The van der Waals surface area contributed by atoms with E-state index in [1.807, 2.05) is 6.07 Å². The minimum absolute atomic E-state index is 0.0555. The zero-order valence-electron chi connectivity index (χ0n) is 18.0. The van der Waals surface area contributed by atoms with E-state index in [1.165, 1.54) is 17.6 Å². The van der Waals surface area contributed by atoms with E-state index in [2.05, 4.69) is 5.32 Å². The van der Waals surface area contributed by atoms with Crippen LogP contribution in [0.1, 0.15) is 46.9 Å². The molecule has 0 atom stereocenters. The topological polar surface area (TPSA) is 88.5 Å². The summed E-state index contributed by atoms with van der Waals surface area (Å²) in [6, 6.07) is 15.1. The third kappa shape index (κ3) is 4.46. The first kappa shape index (κ1) is 21.5. The fourth-order valence-electron chi connectivity index (χ4n) is 4.07. The van der Waals surface area contributed by atoms with Gasteiger partial charge in [0.15, 0.2) is 5.78 Å². The molecule has 32 heavy (non-hydrogen) atoms. The zero-order valence-corrected chi connectivity index (χ0v) is 18.0. The number of benzene rings is 2. The monoisotopic (exact) mass is 431 g/mol. The largest absolute Gasteiger partial charge is 0.339 e. The summed E-state index contributed by atoms with van der Waals surface area (Å²) in [7, 11) is 0. The van der Waals surface area contributed by atoms with Gasteiger partial charge in [0.2, 0.25) is 5.91 Å². The molecule has 1 aliphatic rings. The Morgan fingerprint density at radius 1 is 0.938 bits per heavy atom. The van der Waals surface area contributed by atoms with E-state index in [0.717, 1.165) is 19.3 Å². The van der Waals surface area contributed by atoms with Gasteiger partial charge in [0.25, 0.3) is 11.5 Å². The highest BCUT2D eigenvalue weighted by molar-refractivity contribution is 6.06. The van der Waals surface area contributed by atoms with E-state index in [-0.39, 0.29) is 24.1 Å². The van der Waals surface area contributed by atoms with Crippen molar-refractivity contribution in [2.24, 2.45) is 0 Å². The van der Waals surface area contributed by atoms with Crippen LogP contribution in [0.3, 0.4) is 0 Å². The zero-order chi connectivity index (χ0) is 22.7. The minimum Gasteiger partial charge on any atom is -0.339 e. The fourth-order valence-corrected chi connectivity index (χ4v) is 4.07. The normalized spacial score (nSPS) is 13.7. The lowest BCUT2D eigenvalue weighted by molar-refractivity contribution is -0.116. The first-order chi connectivity index (χ1) is 15.4. The molecule has 1 aromatic heterocycles. The number of pyridine rings is 1. The highest BCUT2D eigenvalue weighted by Crippen LogP contribution is 2.21. The fraction of sp³-hybridized carbons (Fsp3) is 0.280. The number of nitrogens with one attached hydrogen (secondary N) is 1. The van der Waals surface area contributed by atoms with E-state index >= 15 is 0 Å². The molecule has 2 aromatic carbocycles. The Kier molecular flexibility index (Phi) is 6.16. The second-order valence-corrected chi connectivity index (χ2v) is 8.03. The highest BCUT2D eigenvalue weighted by Gasteiger charge is 2.22. The lowest BCUT2D eigenvalue weighted by atomic mass is 10.0. The van der Waals surface area contributed by atoms with Crippen LogP contribution in [-0.4, -0.2) is 40.2 Å². The summed E-state index contributed by atoms with van der Waals surface area (Å²) in [6.07, 6.45) is 3.04. The first-order valence-corrected chi connectivity index (χ1v) is 10.8. The van der Waals surface area contributed by atoms with E-state index in [1.54, 1.807) is 47.4 Å². The van der Waals surface area contributed by atoms with Gasteiger partial charge < -0.3 is 10.2 Å². The number of carbonyl (C=O) groups is 3. The molecule has 2 amide bonds. The number of rotatable bonds is 5. The third-order valence-corrected chi connectivity index (χ3v) is 5.77. The molecule has 4 rings (SSSR count). The smallest absolute Gasteiger partial charge is 0.254 e. The molecule has 2 heterocycles. The molecule has 0 aliphatic carbocycles. The highest BCUT2D eigenvalue weighted by atomic mass is 16.2. The van der Waals surface area contributed by atoms with Crippen molar-refractivity contribution in [2.75, 3.05) is 18.4 Å². The molecule has 0 bridgehead atoms. The van der Waals surface area contributed by atoms with Crippen LogP contribution >= 0.6 is 0 Å². The summed E-state index contributed by atoms with van der Waals surface area (Å²) < 4.78 is 1.38. The van der Waals surface area contributed by atoms with Gasteiger partial charge in [0.05, 0.1) is 11.1 Å². The number of carbonyl (C=O) groups excluding carboxylic acids is 3. The van der Waals surface area contributed by atoms with Crippen molar-refractivity contribution in [3.8, 4) is 0 Å². The van der Waals surface area contributed by atoms with Crippen molar-refractivity contribution in [3.05, 3.63) is 76.1 Å². The summed E-state index contributed by atoms with van der Waals surface area (Å²) in [5.41, 5.74) is 1.62. The Morgan fingerprint density at radius 2 is 1.62 bits per heavy atom. The summed E-state index contributed by atoms with van der Waals surface area (Å²) >= 11 is 0. The van der Waals surface area contributed by atoms with Crippen LogP contribution in [0, 0.1) is 0 Å². The van der Waals surface area contributed by atoms with Crippen LogP contribution in [0.5, 0.6) is 0 Å². The molecule has 3 aromatic rings. The number of amides is 2. The maximum absolute atomic E-state index is 13.1. The van der Waals surface area contributed by atoms with Crippen molar-refractivity contribution in [2.45, 2.75) is 32.7 Å². The number of ketones is 1. The molecule has 0 saturated carbocycles. The molecule has 0 unspecified atom stereocenters. The molecule has 1 aliphatic heterocycles. The number of hydrogen-bond donors (Lipinski definition) is 1. The number of para-hydroxylation sites is 1. The Labute approximate surface area is 185 Å². The van der Waals surface area contributed by atoms with Crippen LogP contribution in [0.25, 0.3) is 10.9 Å². The summed E-state index contributed by atoms with van der Waals surface area (Å²) in [5, 5.41) is 3.41. The lowest BCUT2D eigenvalue weighted by Crippen LogP contribution is -2.37. The average Bonchev–Trinajstić information content (AvgIpc) is 2.81. The van der Waals surface area contributed by atoms with Gasteiger partial charge in [-0.1, -0.05) is 18.2 Å². The molecule has 1 fully saturated rings. The van der Waals surface area contributed by atoms with Gasteiger partial charge in [0, 0.05) is 35.8 Å². The van der Waals surface area contributed by atoms with Gasteiger partial charge in [-0.2, -0.15) is 0 Å². The first-order valence-electron chi connectivity index (χ1n) is 10.8. The minimum atomic E-state index is -0.397. The second kappa shape index (κ2) is 9.18. The maximum Gasteiger partial charge on any atom is 0.254 e. The number of Topliss-reactive ketones (excluding diaryl/α,β-unsaturated/α-hetero) is 1. The Bertz CT molecular complexity index is 1240. The number of nitrogens with zero attached hydrogens (tertiary/aromatic N) is 2. The third-order valence-electron chi connectivity index (χ3n) is 5.77. The number of piperidine rings is 1. The predicted octanol–water partition coefficient (Wildman–Crippen LogP) is 3.47. The molecular formula is C25H25N3O4. The van der Waals surface area contributed by atoms with Crippen molar-refractivity contribution in [1.29, 1.82) is 0 Å². The Balaban J connectivity index is 1.61. The quantitative estimate of drug-likeness (QED) is 0.627. The van der Waals surface area contributed by atoms with Crippen molar-refractivity contribution in [1.82, 2.24) is 9.47 Å². The summed E-state index contributed by atoms with van der Waals surface area (Å²) in [6.45, 7) is 2.68. The van der Waals surface area contributed by atoms with Crippen LogP contribution in [0.4, 0.5) is 5.69 Å². The van der Waals surface area contributed by atoms with Crippen molar-refractivity contribution in [3.63, 3.8) is 0 Å². The van der Waals surface area contributed by atoms with Gasteiger partial charge in [-0.05, 0) is 56.5 Å². The van der Waals surface area contributed by atoms with Crippen molar-refractivity contribution >= 4 is 34.2 Å². The van der Waals surface area contributed by atoms with Gasteiger partial charge >= 0.3 is 0 Å². The van der Waals surface area contributed by atoms with E-state index in [0.29, 0.717) is 40.8 Å². The van der Waals surface area contributed by atoms with Crippen LogP contribution in [-0.2, 0) is 11.3 Å². The molecule has 0 radical (unpaired) electrons. The van der Waals surface area contributed by atoms with Crippen LogP contribution in [0.2, 0.25) is 0 Å². The van der Waals surface area contributed by atoms with E-state index < -0.39 is 5.56 Å². The number of likely N-dealkylation sites (tertiary alicyclic amines) is 1. The SMILES string of the molecule is CC(=O)c1ccc(NC(=O)Cn2c(=O)cc(C(=O)N3CCCCC3)c3ccccc32)cc1. The van der Waals surface area contributed by atoms with Gasteiger partial charge in [-0.15, -0.1) is 0 Å². The van der Waals surface area contributed by atoms with Crippen LogP contribution in [0.15, 0.2) is 59.4 Å². The Morgan fingerprint density at radius 3 is 2.31 bits per heavy atom. The summed E-state index contributed by atoms with van der Waals surface area (Å²) in [5.74, 6) is -0.566. The molecule has 7 nitrogen and oxygen atoms in total. The average molecular weight is 431 g/mol. The van der Waals surface area contributed by atoms with Gasteiger partial charge in [-0.25, -0.2) is 0 Å². The standard InChI is InChI=1S/C25H25N3O4/c1-17(29)18-9-11-19(12-10-18)26-23(30)16-28-22-8-4-3-7-20(22)21(15-24(28)31)25(32)27-13-5-2-6-14-27/h3-4,7-12,15H,2,5-6,13-14,16H2,1H3,(H,26,30). The molecule has 0 spiro atoms. The lowest BCUT2D eigenvalue weighted by Gasteiger charge is -2.27. The van der Waals surface area contributed by atoms with Crippen molar-refractivity contribution < 1.29 is 14.4 Å². The number of fused-ring (bicyclic) bond motifs is 1. The molecule has 1 saturated heterocycles. The molecule has 7 heteroatoms. The van der Waals surface area contributed by atoms with Gasteiger partial charge in [0.1, 0.15) is 6.54 Å². The van der Waals surface area contributed by atoms with E-state index in [9.17, 15) is 19.2 Å². The predicted molar refractivity (Wildman–Crippen MR) is 123 cm³/mol. The maximum atomic E-state index is 13.1. The number of hydrogen-bond acceptors (Lipinski definition) is 4. The van der Waals surface area contributed by atoms with E-state index in [4.69, 9.17) is 0 Å².